The molecule has 0 aliphatic carbocycles. The van der Waals surface area contributed by atoms with Crippen LogP contribution in [0.1, 0.15) is 19.8 Å². The molecule has 0 aliphatic rings. The highest BCUT2D eigenvalue weighted by Crippen LogP contribution is 2.26. The average molecular weight is 335 g/mol. The van der Waals surface area contributed by atoms with Crippen LogP contribution >= 0.6 is 27.5 Å². The normalized spacial score (nSPS) is 11.9. The minimum Gasteiger partial charge on any atom is -0.481 e. The number of benzene rings is 1. The number of aliphatic carboxylic acids is 1. The molecular weight excluding hydrogens is 321 g/mol. The molecule has 1 unspecified atom stereocenters. The van der Waals surface area contributed by atoms with Crippen LogP contribution in [-0.4, -0.2) is 17.0 Å². The zero-order chi connectivity index (χ0) is 13.7. The highest BCUT2D eigenvalue weighted by Gasteiger charge is 2.13. The van der Waals surface area contributed by atoms with E-state index in [0.717, 1.165) is 4.47 Å². The van der Waals surface area contributed by atoms with E-state index in [-0.39, 0.29) is 24.7 Å². The maximum atomic E-state index is 11.7. The molecule has 1 aromatic carbocycles. The number of carboxylic acids is 1. The first-order valence-corrected chi connectivity index (χ1v) is 6.52. The Labute approximate surface area is 118 Å². The summed E-state index contributed by atoms with van der Waals surface area (Å²) in [6.45, 7) is 1.72. The number of halogens is 2. The van der Waals surface area contributed by atoms with Crippen molar-refractivity contribution in [3.63, 3.8) is 0 Å². The van der Waals surface area contributed by atoms with Gasteiger partial charge in [-0.15, -0.1) is 0 Å². The first-order chi connectivity index (χ1) is 8.38. The van der Waals surface area contributed by atoms with Crippen molar-refractivity contribution in [3.05, 3.63) is 27.7 Å². The summed E-state index contributed by atoms with van der Waals surface area (Å²) in [6.07, 6.45) is 0.120. The van der Waals surface area contributed by atoms with E-state index in [1.165, 1.54) is 0 Å². The van der Waals surface area contributed by atoms with Crippen LogP contribution < -0.4 is 5.32 Å². The second kappa shape index (κ2) is 6.75. The van der Waals surface area contributed by atoms with Crippen LogP contribution in [0.25, 0.3) is 0 Å². The molecule has 6 heteroatoms. The van der Waals surface area contributed by atoms with E-state index in [1.54, 1.807) is 25.1 Å². The lowest BCUT2D eigenvalue weighted by molar-refractivity contribution is -0.138. The summed E-state index contributed by atoms with van der Waals surface area (Å²) in [5, 5.41) is 11.7. The van der Waals surface area contributed by atoms with Crippen molar-refractivity contribution in [2.24, 2.45) is 5.92 Å². The lowest BCUT2D eigenvalue weighted by atomic mass is 10.0. The van der Waals surface area contributed by atoms with Gasteiger partial charge in [0, 0.05) is 17.3 Å². The van der Waals surface area contributed by atoms with Crippen molar-refractivity contribution in [1.82, 2.24) is 0 Å². The van der Waals surface area contributed by atoms with Crippen LogP contribution in [0.3, 0.4) is 0 Å². The fourth-order valence-electron chi connectivity index (χ4n) is 1.48. The highest BCUT2D eigenvalue weighted by molar-refractivity contribution is 9.10. The van der Waals surface area contributed by atoms with E-state index in [2.05, 4.69) is 21.2 Å². The van der Waals surface area contributed by atoms with Gasteiger partial charge in [0.1, 0.15) is 0 Å². The Morgan fingerprint density at radius 2 is 2.11 bits per heavy atom. The Kier molecular flexibility index (Phi) is 5.62. The molecule has 0 fully saturated rings. The number of nitrogens with one attached hydrogen (secondary N) is 1. The lowest BCUT2D eigenvalue weighted by Gasteiger charge is -2.10. The molecule has 2 N–H and O–H groups in total. The van der Waals surface area contributed by atoms with Gasteiger partial charge in [-0.25, -0.2) is 0 Å². The Bertz CT molecular complexity index is 465. The first-order valence-electron chi connectivity index (χ1n) is 5.35. The summed E-state index contributed by atoms with van der Waals surface area (Å²) in [5.41, 5.74) is 0.513. The maximum absolute atomic E-state index is 11.7. The zero-order valence-corrected chi connectivity index (χ0v) is 12.1. The Hall–Kier alpha value is -1.07. The second-order valence-electron chi connectivity index (χ2n) is 4.08. The number of hydrogen-bond donors (Lipinski definition) is 2. The number of rotatable bonds is 5. The molecule has 1 rings (SSSR count). The molecule has 18 heavy (non-hydrogen) atoms. The molecule has 0 aliphatic heterocycles. The SMILES string of the molecule is CC(CC(=O)O)CC(=O)Nc1cc(Br)ccc1Cl. The van der Waals surface area contributed by atoms with Crippen LogP contribution in [0.15, 0.2) is 22.7 Å². The van der Waals surface area contributed by atoms with Gasteiger partial charge in [0.05, 0.1) is 10.7 Å². The van der Waals surface area contributed by atoms with E-state index in [4.69, 9.17) is 16.7 Å². The zero-order valence-electron chi connectivity index (χ0n) is 9.74. The van der Waals surface area contributed by atoms with Gasteiger partial charge in [-0.3, -0.25) is 9.59 Å². The van der Waals surface area contributed by atoms with Gasteiger partial charge in [0.15, 0.2) is 0 Å². The summed E-state index contributed by atoms with van der Waals surface area (Å²) in [6, 6.07) is 5.13. The van der Waals surface area contributed by atoms with Gasteiger partial charge < -0.3 is 10.4 Å². The van der Waals surface area contributed by atoms with E-state index in [9.17, 15) is 9.59 Å². The monoisotopic (exact) mass is 333 g/mol. The summed E-state index contributed by atoms with van der Waals surface area (Å²) in [5.74, 6) is -1.37. The maximum Gasteiger partial charge on any atom is 0.303 e. The van der Waals surface area contributed by atoms with Gasteiger partial charge in [0.25, 0.3) is 0 Å². The molecule has 1 aromatic rings. The molecule has 0 aromatic heterocycles. The third kappa shape index (κ3) is 5.06. The van der Waals surface area contributed by atoms with Crippen molar-refractivity contribution < 1.29 is 14.7 Å². The van der Waals surface area contributed by atoms with E-state index < -0.39 is 5.97 Å². The number of amides is 1. The number of anilines is 1. The summed E-state index contributed by atoms with van der Waals surface area (Å²) in [4.78, 5) is 22.2. The number of carboxylic acid groups (broad SMARTS) is 1. The Balaban J connectivity index is 2.59. The van der Waals surface area contributed by atoms with Crippen molar-refractivity contribution in [3.8, 4) is 0 Å². The molecule has 1 amide bonds. The number of carbonyl (C=O) groups excluding carboxylic acids is 1. The lowest BCUT2D eigenvalue weighted by Crippen LogP contribution is -2.17. The van der Waals surface area contributed by atoms with Gasteiger partial charge in [0.2, 0.25) is 5.91 Å². The first kappa shape index (κ1) is 15.0. The Morgan fingerprint density at radius 1 is 1.44 bits per heavy atom. The summed E-state index contributed by atoms with van der Waals surface area (Å²) < 4.78 is 0.806. The topological polar surface area (TPSA) is 66.4 Å². The highest BCUT2D eigenvalue weighted by atomic mass is 79.9. The molecular formula is C12H13BrClNO3. The molecule has 4 nitrogen and oxygen atoms in total. The standard InChI is InChI=1S/C12H13BrClNO3/c1-7(5-12(17)18)4-11(16)15-10-6-8(13)2-3-9(10)14/h2-3,6-7H,4-5H2,1H3,(H,15,16)(H,17,18). The molecule has 0 spiro atoms. The average Bonchev–Trinajstić information content (AvgIpc) is 2.21. The van der Waals surface area contributed by atoms with Gasteiger partial charge in [-0.2, -0.15) is 0 Å². The van der Waals surface area contributed by atoms with Crippen molar-refractivity contribution >= 4 is 45.1 Å². The predicted octanol–water partition coefficient (Wildman–Crippen LogP) is 3.54. The van der Waals surface area contributed by atoms with E-state index in [1.807, 2.05) is 0 Å². The van der Waals surface area contributed by atoms with Crippen LogP contribution in [0.5, 0.6) is 0 Å². The smallest absolute Gasteiger partial charge is 0.303 e. The van der Waals surface area contributed by atoms with Crippen LogP contribution in [0.4, 0.5) is 5.69 Å². The molecule has 0 saturated carbocycles. The molecule has 0 saturated heterocycles. The molecule has 98 valence electrons. The summed E-state index contributed by atoms with van der Waals surface area (Å²) >= 11 is 9.21. The van der Waals surface area contributed by atoms with Crippen molar-refractivity contribution in [1.29, 1.82) is 0 Å². The number of hydrogen-bond acceptors (Lipinski definition) is 2. The fourth-order valence-corrected chi connectivity index (χ4v) is 2.01. The third-order valence-electron chi connectivity index (χ3n) is 2.26. The molecule has 0 heterocycles. The quantitative estimate of drug-likeness (QED) is 0.865. The molecule has 0 bridgehead atoms. The Morgan fingerprint density at radius 3 is 2.72 bits per heavy atom. The van der Waals surface area contributed by atoms with Gasteiger partial charge >= 0.3 is 5.97 Å². The second-order valence-corrected chi connectivity index (χ2v) is 5.40. The van der Waals surface area contributed by atoms with E-state index >= 15 is 0 Å². The van der Waals surface area contributed by atoms with Gasteiger partial charge in [-0.05, 0) is 24.1 Å². The van der Waals surface area contributed by atoms with E-state index in [0.29, 0.717) is 10.7 Å². The van der Waals surface area contributed by atoms with Crippen LogP contribution in [-0.2, 0) is 9.59 Å². The molecule has 0 radical (unpaired) electrons. The fraction of sp³-hybridized carbons (Fsp3) is 0.333. The minimum absolute atomic E-state index is 0.0281. The molecule has 1 atom stereocenters. The van der Waals surface area contributed by atoms with Gasteiger partial charge in [-0.1, -0.05) is 34.5 Å². The van der Waals surface area contributed by atoms with Crippen LogP contribution in [0, 0.1) is 5.92 Å². The number of carbonyl (C=O) groups is 2. The minimum atomic E-state index is -0.907. The largest absolute Gasteiger partial charge is 0.481 e. The summed E-state index contributed by atoms with van der Waals surface area (Å²) in [7, 11) is 0. The van der Waals surface area contributed by atoms with Crippen molar-refractivity contribution in [2.75, 3.05) is 5.32 Å². The third-order valence-corrected chi connectivity index (χ3v) is 3.08. The predicted molar refractivity (Wildman–Crippen MR) is 73.8 cm³/mol. The van der Waals surface area contributed by atoms with Crippen LogP contribution in [0.2, 0.25) is 5.02 Å². The van der Waals surface area contributed by atoms with Crippen molar-refractivity contribution in [2.45, 2.75) is 19.8 Å².